The van der Waals surface area contributed by atoms with E-state index in [0.29, 0.717) is 23.6 Å². The van der Waals surface area contributed by atoms with E-state index in [2.05, 4.69) is 43.3 Å². The summed E-state index contributed by atoms with van der Waals surface area (Å²) in [5, 5.41) is 6.13. The van der Waals surface area contributed by atoms with Gasteiger partial charge in [-0.15, -0.1) is 0 Å². The minimum absolute atomic E-state index is 0.0765. The average Bonchev–Trinajstić information content (AvgIpc) is 2.37. The van der Waals surface area contributed by atoms with Crippen LogP contribution in [0.15, 0.2) is 18.3 Å². The summed E-state index contributed by atoms with van der Waals surface area (Å²) >= 11 is 0. The van der Waals surface area contributed by atoms with Crippen molar-refractivity contribution in [2.75, 3.05) is 11.9 Å². The summed E-state index contributed by atoms with van der Waals surface area (Å²) in [7, 11) is 0. The minimum Gasteiger partial charge on any atom is -0.368 e. The summed E-state index contributed by atoms with van der Waals surface area (Å²) in [6, 6.07) is 4.03. The van der Waals surface area contributed by atoms with E-state index in [4.69, 9.17) is 0 Å². The number of hydrogen-bond donors (Lipinski definition) is 2. The normalized spacial score (nSPS) is 12.8. The number of rotatable bonds is 6. The summed E-state index contributed by atoms with van der Waals surface area (Å²) in [5.41, 5.74) is 0.950. The average molecular weight is 277 g/mol. The van der Waals surface area contributed by atoms with Crippen molar-refractivity contribution in [3.05, 3.63) is 23.9 Å². The van der Waals surface area contributed by atoms with Crippen molar-refractivity contribution < 1.29 is 4.79 Å². The van der Waals surface area contributed by atoms with Crippen LogP contribution in [0.1, 0.15) is 57.8 Å². The maximum atomic E-state index is 11.6. The van der Waals surface area contributed by atoms with Crippen LogP contribution in [0.5, 0.6) is 0 Å². The molecular weight excluding hydrogens is 250 g/mol. The third-order valence-corrected chi connectivity index (χ3v) is 3.08. The van der Waals surface area contributed by atoms with Gasteiger partial charge in [0, 0.05) is 18.8 Å². The van der Waals surface area contributed by atoms with Gasteiger partial charge in [-0.25, -0.2) is 4.98 Å². The lowest BCUT2D eigenvalue weighted by Crippen LogP contribution is -2.23. The quantitative estimate of drug-likeness (QED) is 0.837. The molecule has 1 heterocycles. The fourth-order valence-corrected chi connectivity index (χ4v) is 1.85. The highest BCUT2D eigenvalue weighted by Gasteiger charge is 2.13. The summed E-state index contributed by atoms with van der Waals surface area (Å²) < 4.78 is 0. The molecule has 0 aromatic carbocycles. The Morgan fingerprint density at radius 3 is 2.55 bits per heavy atom. The van der Waals surface area contributed by atoms with E-state index in [9.17, 15) is 4.79 Å². The molecule has 0 aliphatic rings. The van der Waals surface area contributed by atoms with Crippen molar-refractivity contribution in [1.29, 1.82) is 0 Å². The number of aromatic nitrogens is 1. The summed E-state index contributed by atoms with van der Waals surface area (Å²) in [6.07, 6.45) is 3.88. The first kappa shape index (κ1) is 16.5. The van der Waals surface area contributed by atoms with Gasteiger partial charge in [0.05, 0.1) is 5.56 Å². The van der Waals surface area contributed by atoms with Crippen LogP contribution < -0.4 is 10.6 Å². The lowest BCUT2D eigenvalue weighted by atomic mass is 9.89. The Morgan fingerprint density at radius 1 is 1.35 bits per heavy atom. The fourth-order valence-electron chi connectivity index (χ4n) is 1.85. The number of hydrogen-bond acceptors (Lipinski definition) is 3. The topological polar surface area (TPSA) is 54.0 Å². The van der Waals surface area contributed by atoms with Gasteiger partial charge >= 0.3 is 0 Å². The maximum Gasteiger partial charge on any atom is 0.252 e. The molecule has 0 aliphatic heterocycles. The van der Waals surface area contributed by atoms with E-state index >= 15 is 0 Å². The highest BCUT2D eigenvalue weighted by molar-refractivity contribution is 5.93. The first-order valence-electron chi connectivity index (χ1n) is 7.32. The zero-order chi connectivity index (χ0) is 15.2. The zero-order valence-corrected chi connectivity index (χ0v) is 13.3. The van der Waals surface area contributed by atoms with E-state index in [1.54, 1.807) is 12.3 Å². The molecule has 4 heteroatoms. The molecule has 0 saturated carbocycles. The number of pyridine rings is 1. The Labute approximate surface area is 122 Å². The predicted octanol–water partition coefficient (Wildman–Crippen LogP) is 3.46. The second-order valence-electron chi connectivity index (χ2n) is 6.44. The minimum atomic E-state index is -0.0765. The lowest BCUT2D eigenvalue weighted by Gasteiger charge is -2.21. The Kier molecular flexibility index (Phi) is 5.99. The van der Waals surface area contributed by atoms with Gasteiger partial charge < -0.3 is 10.6 Å². The molecule has 0 aliphatic carbocycles. The van der Waals surface area contributed by atoms with Crippen LogP contribution in [0.25, 0.3) is 0 Å². The van der Waals surface area contributed by atoms with Crippen LogP contribution >= 0.6 is 0 Å². The molecule has 1 aromatic heterocycles. The SMILES string of the molecule is CCNC(=O)c1ccc(NC(C)CCC(C)(C)C)nc1. The molecule has 0 bridgehead atoms. The number of anilines is 1. The molecule has 0 fully saturated rings. The van der Waals surface area contributed by atoms with Crippen molar-refractivity contribution in [3.8, 4) is 0 Å². The van der Waals surface area contributed by atoms with E-state index in [-0.39, 0.29) is 5.91 Å². The Hall–Kier alpha value is -1.58. The fraction of sp³-hybridized carbons (Fsp3) is 0.625. The Morgan fingerprint density at radius 2 is 2.05 bits per heavy atom. The van der Waals surface area contributed by atoms with E-state index in [1.807, 2.05) is 13.0 Å². The standard InChI is InChI=1S/C16H27N3O/c1-6-17-15(20)13-7-8-14(18-11-13)19-12(2)9-10-16(3,4)5/h7-8,11-12H,6,9-10H2,1-5H3,(H,17,20)(H,18,19). The van der Waals surface area contributed by atoms with Gasteiger partial charge in [0.1, 0.15) is 5.82 Å². The molecule has 20 heavy (non-hydrogen) atoms. The maximum absolute atomic E-state index is 11.6. The number of carbonyl (C=O) groups excluding carboxylic acids is 1. The van der Waals surface area contributed by atoms with Gasteiger partial charge in [-0.1, -0.05) is 20.8 Å². The molecule has 1 unspecified atom stereocenters. The number of nitrogens with one attached hydrogen (secondary N) is 2. The van der Waals surface area contributed by atoms with E-state index in [0.717, 1.165) is 18.7 Å². The highest BCUT2D eigenvalue weighted by atomic mass is 16.1. The zero-order valence-electron chi connectivity index (χ0n) is 13.3. The first-order valence-corrected chi connectivity index (χ1v) is 7.32. The van der Waals surface area contributed by atoms with Crippen LogP contribution in [0.3, 0.4) is 0 Å². The molecule has 0 spiro atoms. The smallest absolute Gasteiger partial charge is 0.252 e. The van der Waals surface area contributed by atoms with Crippen LogP contribution in [-0.2, 0) is 0 Å². The van der Waals surface area contributed by atoms with Crippen molar-refractivity contribution in [2.45, 2.75) is 53.5 Å². The second-order valence-corrected chi connectivity index (χ2v) is 6.44. The van der Waals surface area contributed by atoms with Gasteiger partial charge in [-0.05, 0) is 44.2 Å². The summed E-state index contributed by atoms with van der Waals surface area (Å²) in [5.74, 6) is 0.742. The van der Waals surface area contributed by atoms with E-state index in [1.165, 1.54) is 0 Å². The number of carbonyl (C=O) groups is 1. The van der Waals surface area contributed by atoms with Gasteiger partial charge in [-0.3, -0.25) is 4.79 Å². The van der Waals surface area contributed by atoms with Gasteiger partial charge in [0.2, 0.25) is 0 Å². The van der Waals surface area contributed by atoms with Crippen molar-refractivity contribution >= 4 is 11.7 Å². The summed E-state index contributed by atoms with van der Waals surface area (Å²) in [4.78, 5) is 15.9. The van der Waals surface area contributed by atoms with Crippen LogP contribution in [0.4, 0.5) is 5.82 Å². The number of nitrogens with zero attached hydrogens (tertiary/aromatic N) is 1. The largest absolute Gasteiger partial charge is 0.368 e. The molecule has 1 rings (SSSR count). The molecular formula is C16H27N3O. The van der Waals surface area contributed by atoms with Crippen molar-refractivity contribution in [1.82, 2.24) is 10.3 Å². The molecule has 0 saturated heterocycles. The van der Waals surface area contributed by atoms with Gasteiger partial charge in [0.15, 0.2) is 0 Å². The highest BCUT2D eigenvalue weighted by Crippen LogP contribution is 2.22. The van der Waals surface area contributed by atoms with Crippen molar-refractivity contribution in [2.24, 2.45) is 5.41 Å². The molecule has 1 atom stereocenters. The van der Waals surface area contributed by atoms with Gasteiger partial charge in [0.25, 0.3) is 5.91 Å². The number of amides is 1. The predicted molar refractivity (Wildman–Crippen MR) is 84.0 cm³/mol. The van der Waals surface area contributed by atoms with Crippen LogP contribution in [0.2, 0.25) is 0 Å². The van der Waals surface area contributed by atoms with Gasteiger partial charge in [-0.2, -0.15) is 0 Å². The Bertz CT molecular complexity index is 420. The van der Waals surface area contributed by atoms with Crippen LogP contribution in [-0.4, -0.2) is 23.5 Å². The molecule has 2 N–H and O–H groups in total. The molecule has 1 amide bonds. The monoisotopic (exact) mass is 277 g/mol. The van der Waals surface area contributed by atoms with E-state index < -0.39 is 0 Å². The molecule has 1 aromatic rings. The molecule has 4 nitrogen and oxygen atoms in total. The van der Waals surface area contributed by atoms with Crippen molar-refractivity contribution in [3.63, 3.8) is 0 Å². The third kappa shape index (κ3) is 6.04. The molecule has 0 radical (unpaired) electrons. The first-order chi connectivity index (χ1) is 9.31. The van der Waals surface area contributed by atoms with Crippen LogP contribution in [0, 0.1) is 5.41 Å². The molecule has 112 valence electrons. The summed E-state index contributed by atoms with van der Waals surface area (Å²) in [6.45, 7) is 11.4. The second kappa shape index (κ2) is 7.27. The Balaban J connectivity index is 2.50. The lowest BCUT2D eigenvalue weighted by molar-refractivity contribution is 0.0955. The third-order valence-electron chi connectivity index (χ3n) is 3.08.